The third-order valence-corrected chi connectivity index (χ3v) is 4.49. The van der Waals surface area contributed by atoms with E-state index >= 15 is 0 Å². The van der Waals surface area contributed by atoms with Crippen LogP contribution < -0.4 is 5.32 Å². The molecule has 0 aromatic carbocycles. The molecule has 0 spiro atoms. The molecule has 2 unspecified atom stereocenters. The van der Waals surface area contributed by atoms with Crippen LogP contribution in [0.1, 0.15) is 73.8 Å². The largest absolute Gasteiger partial charge is 0.349 e. The van der Waals surface area contributed by atoms with Crippen molar-refractivity contribution in [1.29, 1.82) is 0 Å². The van der Waals surface area contributed by atoms with Crippen molar-refractivity contribution < 1.29 is 4.79 Å². The number of pyridine rings is 1. The molecule has 2 aromatic rings. The lowest BCUT2D eigenvalue weighted by molar-refractivity contribution is -0.123. The Morgan fingerprint density at radius 3 is 2.62 bits per heavy atom. The number of aryl methyl sites for hydroxylation is 1. The standard InChI is InChI=1S/C19H24N4O/c1-4-16(18-21-12(2)11-17(23-18)15-5-6-15)19(24)22-13(3)14-7-9-20-10-8-14/h7-11,13,15-16H,4-6H2,1-3H3,(H,22,24). The molecule has 2 heterocycles. The summed E-state index contributed by atoms with van der Waals surface area (Å²) in [5, 5.41) is 3.08. The van der Waals surface area contributed by atoms with E-state index in [1.54, 1.807) is 12.4 Å². The average molecular weight is 324 g/mol. The van der Waals surface area contributed by atoms with E-state index in [2.05, 4.69) is 20.3 Å². The summed E-state index contributed by atoms with van der Waals surface area (Å²) in [5.41, 5.74) is 3.07. The first-order valence-corrected chi connectivity index (χ1v) is 8.64. The molecular weight excluding hydrogens is 300 g/mol. The Kier molecular flexibility index (Phi) is 4.88. The molecule has 1 amide bonds. The van der Waals surface area contributed by atoms with Crippen molar-refractivity contribution in [2.45, 2.75) is 57.9 Å². The number of amides is 1. The maximum atomic E-state index is 12.8. The van der Waals surface area contributed by atoms with Crippen LogP contribution in [0.4, 0.5) is 0 Å². The Morgan fingerprint density at radius 1 is 1.29 bits per heavy atom. The highest BCUT2D eigenvalue weighted by atomic mass is 16.2. The molecule has 1 aliphatic rings. The van der Waals surface area contributed by atoms with Gasteiger partial charge in [-0.05, 0) is 56.9 Å². The van der Waals surface area contributed by atoms with E-state index in [4.69, 9.17) is 0 Å². The maximum Gasteiger partial charge on any atom is 0.231 e. The molecule has 2 atom stereocenters. The van der Waals surface area contributed by atoms with Gasteiger partial charge in [-0.3, -0.25) is 9.78 Å². The van der Waals surface area contributed by atoms with Crippen molar-refractivity contribution in [3.05, 3.63) is 53.4 Å². The van der Waals surface area contributed by atoms with Crippen molar-refractivity contribution in [1.82, 2.24) is 20.3 Å². The third kappa shape index (κ3) is 3.78. The minimum Gasteiger partial charge on any atom is -0.349 e. The fraction of sp³-hybridized carbons (Fsp3) is 0.474. The maximum absolute atomic E-state index is 12.8. The smallest absolute Gasteiger partial charge is 0.231 e. The monoisotopic (exact) mass is 324 g/mol. The van der Waals surface area contributed by atoms with Gasteiger partial charge in [-0.1, -0.05) is 6.92 Å². The Hall–Kier alpha value is -2.30. The molecule has 24 heavy (non-hydrogen) atoms. The molecule has 126 valence electrons. The molecule has 1 fully saturated rings. The minimum absolute atomic E-state index is 0.0193. The highest BCUT2D eigenvalue weighted by Gasteiger charge is 2.29. The van der Waals surface area contributed by atoms with E-state index in [0.29, 0.717) is 18.2 Å². The second-order valence-electron chi connectivity index (χ2n) is 6.54. The molecule has 5 heteroatoms. The van der Waals surface area contributed by atoms with Gasteiger partial charge in [-0.25, -0.2) is 9.97 Å². The van der Waals surface area contributed by atoms with Crippen LogP contribution in [0, 0.1) is 6.92 Å². The normalized spacial score (nSPS) is 16.5. The van der Waals surface area contributed by atoms with E-state index in [9.17, 15) is 4.79 Å². The van der Waals surface area contributed by atoms with Gasteiger partial charge < -0.3 is 5.32 Å². The van der Waals surface area contributed by atoms with Crippen LogP contribution in [0.5, 0.6) is 0 Å². The minimum atomic E-state index is -0.313. The molecule has 0 bridgehead atoms. The number of hydrogen-bond donors (Lipinski definition) is 1. The third-order valence-electron chi connectivity index (χ3n) is 4.49. The number of nitrogens with zero attached hydrogens (tertiary/aromatic N) is 3. The van der Waals surface area contributed by atoms with Crippen LogP contribution >= 0.6 is 0 Å². The van der Waals surface area contributed by atoms with Gasteiger partial charge in [0.25, 0.3) is 0 Å². The first-order valence-electron chi connectivity index (χ1n) is 8.64. The Labute approximate surface area is 143 Å². The first kappa shape index (κ1) is 16.6. The average Bonchev–Trinajstić information content (AvgIpc) is 3.41. The summed E-state index contributed by atoms with van der Waals surface area (Å²) in [7, 11) is 0. The summed E-state index contributed by atoms with van der Waals surface area (Å²) in [6, 6.07) is 5.81. The lowest BCUT2D eigenvalue weighted by Gasteiger charge is -2.19. The predicted molar refractivity (Wildman–Crippen MR) is 92.6 cm³/mol. The molecule has 0 saturated heterocycles. The van der Waals surface area contributed by atoms with Gasteiger partial charge in [-0.15, -0.1) is 0 Å². The zero-order chi connectivity index (χ0) is 17.1. The molecule has 1 aliphatic carbocycles. The van der Waals surface area contributed by atoms with Crippen molar-refractivity contribution >= 4 is 5.91 Å². The quantitative estimate of drug-likeness (QED) is 0.884. The van der Waals surface area contributed by atoms with Gasteiger partial charge in [0, 0.05) is 29.7 Å². The summed E-state index contributed by atoms with van der Waals surface area (Å²) in [6.07, 6.45) is 6.54. The number of rotatable bonds is 6. The molecule has 0 radical (unpaired) electrons. The number of carbonyl (C=O) groups excluding carboxylic acids is 1. The van der Waals surface area contributed by atoms with Gasteiger partial charge in [0.2, 0.25) is 5.91 Å². The second-order valence-corrected chi connectivity index (χ2v) is 6.54. The van der Waals surface area contributed by atoms with E-state index in [0.717, 1.165) is 17.0 Å². The van der Waals surface area contributed by atoms with Gasteiger partial charge >= 0.3 is 0 Å². The lowest BCUT2D eigenvalue weighted by atomic mass is 10.0. The van der Waals surface area contributed by atoms with Crippen LogP contribution in [0.3, 0.4) is 0 Å². The van der Waals surface area contributed by atoms with Crippen LogP contribution in [0.2, 0.25) is 0 Å². The summed E-state index contributed by atoms with van der Waals surface area (Å²) in [5.74, 6) is 0.876. The van der Waals surface area contributed by atoms with Gasteiger partial charge in [0.1, 0.15) is 5.82 Å². The number of carbonyl (C=O) groups is 1. The van der Waals surface area contributed by atoms with E-state index in [1.165, 1.54) is 12.8 Å². The fourth-order valence-corrected chi connectivity index (χ4v) is 2.90. The van der Waals surface area contributed by atoms with E-state index in [-0.39, 0.29) is 17.9 Å². The van der Waals surface area contributed by atoms with Crippen molar-refractivity contribution in [2.75, 3.05) is 0 Å². The topological polar surface area (TPSA) is 67.8 Å². The molecule has 5 nitrogen and oxygen atoms in total. The van der Waals surface area contributed by atoms with Crippen molar-refractivity contribution in [2.24, 2.45) is 0 Å². The SMILES string of the molecule is CCC(C(=O)NC(C)c1ccncc1)c1nc(C)cc(C2CC2)n1. The van der Waals surface area contributed by atoms with Crippen LogP contribution in [0.25, 0.3) is 0 Å². The zero-order valence-electron chi connectivity index (χ0n) is 14.5. The molecule has 0 aliphatic heterocycles. The van der Waals surface area contributed by atoms with Gasteiger partial charge in [0.05, 0.1) is 12.0 Å². The molecule has 2 aromatic heterocycles. The number of hydrogen-bond acceptors (Lipinski definition) is 4. The lowest BCUT2D eigenvalue weighted by Crippen LogP contribution is -2.32. The Morgan fingerprint density at radius 2 is 2.00 bits per heavy atom. The molecular formula is C19H24N4O. The van der Waals surface area contributed by atoms with E-state index in [1.807, 2.05) is 39.0 Å². The summed E-state index contributed by atoms with van der Waals surface area (Å²) < 4.78 is 0. The fourth-order valence-electron chi connectivity index (χ4n) is 2.90. The molecule has 1 saturated carbocycles. The predicted octanol–water partition coefficient (Wildman–Crippen LogP) is 3.43. The first-order chi connectivity index (χ1) is 11.6. The van der Waals surface area contributed by atoms with Crippen molar-refractivity contribution in [3.8, 4) is 0 Å². The van der Waals surface area contributed by atoms with Crippen LogP contribution in [-0.4, -0.2) is 20.9 Å². The number of nitrogens with one attached hydrogen (secondary N) is 1. The highest BCUT2D eigenvalue weighted by molar-refractivity contribution is 5.83. The van der Waals surface area contributed by atoms with E-state index < -0.39 is 0 Å². The van der Waals surface area contributed by atoms with Gasteiger partial charge in [0.15, 0.2) is 0 Å². The Balaban J connectivity index is 1.77. The van der Waals surface area contributed by atoms with Gasteiger partial charge in [-0.2, -0.15) is 0 Å². The summed E-state index contributed by atoms with van der Waals surface area (Å²) in [4.78, 5) is 26.0. The van der Waals surface area contributed by atoms with Crippen LogP contribution in [0.15, 0.2) is 30.6 Å². The van der Waals surface area contributed by atoms with Crippen LogP contribution in [-0.2, 0) is 4.79 Å². The summed E-state index contributed by atoms with van der Waals surface area (Å²) >= 11 is 0. The Bertz CT molecular complexity index is 713. The zero-order valence-corrected chi connectivity index (χ0v) is 14.5. The molecule has 3 rings (SSSR count). The summed E-state index contributed by atoms with van der Waals surface area (Å²) in [6.45, 7) is 5.96. The molecule has 1 N–H and O–H groups in total. The van der Waals surface area contributed by atoms with Crippen molar-refractivity contribution in [3.63, 3.8) is 0 Å². The number of aromatic nitrogens is 3. The highest BCUT2D eigenvalue weighted by Crippen LogP contribution is 2.39. The second kappa shape index (κ2) is 7.07.